The van der Waals surface area contributed by atoms with Crippen LogP contribution in [-0.4, -0.2) is 66.4 Å². The van der Waals surface area contributed by atoms with Gasteiger partial charge in [0.05, 0.1) is 0 Å². The molecule has 2 saturated heterocycles. The average Bonchev–Trinajstić information content (AvgIpc) is 3.27. The van der Waals surface area contributed by atoms with E-state index in [0.717, 1.165) is 25.9 Å². The number of hydrogen-bond donors (Lipinski definition) is 2. The second-order valence-corrected chi connectivity index (χ2v) is 7.51. The first kappa shape index (κ1) is 20.2. The molecule has 0 saturated carbocycles. The van der Waals surface area contributed by atoms with Crippen LogP contribution in [0.2, 0.25) is 0 Å². The van der Waals surface area contributed by atoms with E-state index in [0.29, 0.717) is 38.0 Å². The van der Waals surface area contributed by atoms with Gasteiger partial charge in [-0.15, -0.1) is 0 Å². The Labute approximate surface area is 166 Å². The Morgan fingerprint density at radius 1 is 1.00 bits per heavy atom. The molecule has 3 rings (SSSR count). The summed E-state index contributed by atoms with van der Waals surface area (Å²) in [5.74, 6) is -0.172. The summed E-state index contributed by atoms with van der Waals surface area (Å²) in [5.41, 5.74) is 0.557. The number of rotatable bonds is 5. The molecule has 28 heavy (non-hydrogen) atoms. The number of carbonyl (C=O) groups excluding carboxylic acids is 3. The van der Waals surface area contributed by atoms with Gasteiger partial charge in [-0.05, 0) is 50.7 Å². The monoisotopic (exact) mass is 386 g/mol. The molecule has 2 aliphatic heterocycles. The highest BCUT2D eigenvalue weighted by atomic mass is 16.2. The Balaban J connectivity index is 1.69. The maximum atomic E-state index is 13.1. The molecular formula is C21H30N4O3. The minimum absolute atomic E-state index is 0.0123. The van der Waals surface area contributed by atoms with Crippen molar-refractivity contribution >= 4 is 17.8 Å². The fourth-order valence-corrected chi connectivity index (χ4v) is 4.03. The van der Waals surface area contributed by atoms with Gasteiger partial charge in [-0.3, -0.25) is 9.59 Å². The molecule has 7 heteroatoms. The summed E-state index contributed by atoms with van der Waals surface area (Å²) in [6.07, 6.45) is 3.44. The van der Waals surface area contributed by atoms with E-state index in [9.17, 15) is 14.4 Å². The predicted molar refractivity (Wildman–Crippen MR) is 107 cm³/mol. The Hall–Kier alpha value is -2.57. The normalized spacial score (nSPS) is 18.6. The van der Waals surface area contributed by atoms with Crippen LogP contribution >= 0.6 is 0 Å². The first-order chi connectivity index (χ1) is 13.6. The van der Waals surface area contributed by atoms with E-state index in [4.69, 9.17) is 0 Å². The molecule has 7 nitrogen and oxygen atoms in total. The van der Waals surface area contributed by atoms with Crippen molar-refractivity contribution in [2.45, 2.75) is 38.6 Å². The smallest absolute Gasteiger partial charge is 0.317 e. The van der Waals surface area contributed by atoms with Crippen molar-refractivity contribution in [3.63, 3.8) is 0 Å². The molecule has 2 aliphatic rings. The Bertz CT molecular complexity index is 680. The van der Waals surface area contributed by atoms with Crippen LogP contribution in [0, 0.1) is 5.92 Å². The van der Waals surface area contributed by atoms with Crippen molar-refractivity contribution in [2.24, 2.45) is 5.92 Å². The average molecular weight is 386 g/mol. The van der Waals surface area contributed by atoms with Crippen LogP contribution in [0.1, 0.15) is 43.0 Å². The minimum Gasteiger partial charge on any atom is -0.341 e. The zero-order chi connectivity index (χ0) is 19.9. The van der Waals surface area contributed by atoms with Crippen LogP contribution in [0.4, 0.5) is 4.79 Å². The number of likely N-dealkylation sites (tertiary alicyclic amines) is 2. The van der Waals surface area contributed by atoms with Gasteiger partial charge in [0.1, 0.15) is 6.04 Å². The number of benzene rings is 1. The molecule has 152 valence electrons. The first-order valence-corrected chi connectivity index (χ1v) is 10.3. The van der Waals surface area contributed by atoms with Crippen LogP contribution in [0.5, 0.6) is 0 Å². The summed E-state index contributed by atoms with van der Waals surface area (Å²) in [4.78, 5) is 41.6. The zero-order valence-electron chi connectivity index (χ0n) is 16.5. The molecule has 0 bridgehead atoms. The zero-order valence-corrected chi connectivity index (χ0v) is 16.5. The highest BCUT2D eigenvalue weighted by Gasteiger charge is 2.36. The third kappa shape index (κ3) is 4.82. The van der Waals surface area contributed by atoms with Crippen LogP contribution in [0.15, 0.2) is 30.3 Å². The number of nitrogens with zero attached hydrogens (tertiary/aromatic N) is 2. The van der Waals surface area contributed by atoms with Crippen molar-refractivity contribution < 1.29 is 14.4 Å². The predicted octanol–water partition coefficient (Wildman–Crippen LogP) is 1.85. The summed E-state index contributed by atoms with van der Waals surface area (Å²) in [6.45, 7) is 5.21. The maximum absolute atomic E-state index is 13.1. The molecule has 2 heterocycles. The standard InChI is InChI=1S/C21H30N4O3/c1-2-22-21(28)25-14-10-16(11-15-25)18(20(27)24-12-6-7-13-24)23-19(26)17-8-4-3-5-9-17/h3-5,8-9,16,18H,2,6-7,10-15H2,1H3,(H,22,28)(H,23,26)/t18-/m1/s1. The second kappa shape index (κ2) is 9.57. The molecule has 0 aromatic heterocycles. The Morgan fingerprint density at radius 3 is 2.25 bits per heavy atom. The van der Waals surface area contributed by atoms with Gasteiger partial charge < -0.3 is 20.4 Å². The SMILES string of the molecule is CCNC(=O)N1CCC([C@@H](NC(=O)c2ccccc2)C(=O)N2CCCC2)CC1. The lowest BCUT2D eigenvalue weighted by molar-refractivity contribution is -0.134. The summed E-state index contributed by atoms with van der Waals surface area (Å²) in [6, 6.07) is 8.41. The van der Waals surface area contributed by atoms with Crippen LogP contribution in [0.3, 0.4) is 0 Å². The Kier molecular flexibility index (Phi) is 6.90. The van der Waals surface area contributed by atoms with Gasteiger partial charge in [-0.1, -0.05) is 18.2 Å². The number of hydrogen-bond acceptors (Lipinski definition) is 3. The third-order valence-electron chi connectivity index (χ3n) is 5.63. The van der Waals surface area contributed by atoms with E-state index in [1.54, 1.807) is 17.0 Å². The molecule has 2 N–H and O–H groups in total. The summed E-state index contributed by atoms with van der Waals surface area (Å²) in [5, 5.41) is 5.82. The van der Waals surface area contributed by atoms with Crippen molar-refractivity contribution in [3.05, 3.63) is 35.9 Å². The lowest BCUT2D eigenvalue weighted by Gasteiger charge is -2.37. The number of nitrogens with one attached hydrogen (secondary N) is 2. The van der Waals surface area contributed by atoms with E-state index < -0.39 is 6.04 Å². The van der Waals surface area contributed by atoms with Gasteiger partial charge in [0.25, 0.3) is 5.91 Å². The molecular weight excluding hydrogens is 356 g/mol. The van der Waals surface area contributed by atoms with Crippen LogP contribution in [-0.2, 0) is 4.79 Å². The van der Waals surface area contributed by atoms with Gasteiger partial charge >= 0.3 is 6.03 Å². The largest absolute Gasteiger partial charge is 0.341 e. The fraction of sp³-hybridized carbons (Fsp3) is 0.571. The number of piperidine rings is 1. The van der Waals surface area contributed by atoms with Gasteiger partial charge in [-0.25, -0.2) is 4.79 Å². The van der Waals surface area contributed by atoms with Crippen molar-refractivity contribution in [3.8, 4) is 0 Å². The molecule has 1 aromatic rings. The maximum Gasteiger partial charge on any atom is 0.317 e. The molecule has 1 aromatic carbocycles. The molecule has 0 unspecified atom stereocenters. The quantitative estimate of drug-likeness (QED) is 0.810. The second-order valence-electron chi connectivity index (χ2n) is 7.51. The van der Waals surface area contributed by atoms with E-state index in [1.165, 1.54) is 0 Å². The van der Waals surface area contributed by atoms with Gasteiger partial charge in [-0.2, -0.15) is 0 Å². The number of urea groups is 1. The van der Waals surface area contributed by atoms with Gasteiger partial charge in [0.2, 0.25) is 5.91 Å². The molecule has 0 aliphatic carbocycles. The Morgan fingerprint density at radius 2 is 1.64 bits per heavy atom. The summed E-state index contributed by atoms with van der Waals surface area (Å²) in [7, 11) is 0. The van der Waals surface area contributed by atoms with Crippen molar-refractivity contribution in [1.29, 1.82) is 0 Å². The number of carbonyl (C=O) groups is 3. The lowest BCUT2D eigenvalue weighted by Crippen LogP contribution is -2.55. The van der Waals surface area contributed by atoms with Crippen molar-refractivity contribution in [1.82, 2.24) is 20.4 Å². The fourth-order valence-electron chi connectivity index (χ4n) is 4.03. The minimum atomic E-state index is -0.540. The van der Waals surface area contributed by atoms with E-state index in [2.05, 4.69) is 10.6 Å². The molecule has 0 radical (unpaired) electrons. The topological polar surface area (TPSA) is 81.8 Å². The number of amides is 4. The van der Waals surface area contributed by atoms with E-state index >= 15 is 0 Å². The molecule has 0 spiro atoms. The van der Waals surface area contributed by atoms with Crippen molar-refractivity contribution in [2.75, 3.05) is 32.7 Å². The highest BCUT2D eigenvalue weighted by molar-refractivity contribution is 5.97. The highest BCUT2D eigenvalue weighted by Crippen LogP contribution is 2.24. The summed E-state index contributed by atoms with van der Waals surface area (Å²) < 4.78 is 0. The van der Waals surface area contributed by atoms with Crippen LogP contribution < -0.4 is 10.6 Å². The molecule has 2 fully saturated rings. The van der Waals surface area contributed by atoms with Gasteiger partial charge in [0.15, 0.2) is 0 Å². The van der Waals surface area contributed by atoms with E-state index in [1.807, 2.05) is 30.0 Å². The third-order valence-corrected chi connectivity index (χ3v) is 5.63. The van der Waals surface area contributed by atoms with Gasteiger partial charge in [0, 0.05) is 38.3 Å². The molecule has 4 amide bonds. The first-order valence-electron chi connectivity index (χ1n) is 10.3. The van der Waals surface area contributed by atoms with Crippen LogP contribution in [0.25, 0.3) is 0 Å². The molecule has 1 atom stereocenters. The summed E-state index contributed by atoms with van der Waals surface area (Å²) >= 11 is 0. The lowest BCUT2D eigenvalue weighted by atomic mass is 9.88. The van der Waals surface area contributed by atoms with E-state index in [-0.39, 0.29) is 23.8 Å².